The first-order chi connectivity index (χ1) is 5.52. The molecular formula is C8H9NO2S. The molecule has 0 spiro atoms. The fraction of sp³-hybridized carbons (Fsp3) is 0.125. The number of thiol groups is 1. The number of carbonyl (C=O) groups excluding carboxylic acids is 1. The zero-order valence-corrected chi connectivity index (χ0v) is 7.16. The quantitative estimate of drug-likeness (QED) is 0.353. The zero-order chi connectivity index (χ0) is 9.19. The maximum absolute atomic E-state index is 11.2. The lowest BCUT2D eigenvalue weighted by Crippen LogP contribution is -2.41. The second-order valence-electron chi connectivity index (χ2n) is 2.42. The highest BCUT2D eigenvalue weighted by Crippen LogP contribution is 2.11. The van der Waals surface area contributed by atoms with Crippen molar-refractivity contribution in [2.24, 2.45) is 5.73 Å². The molecule has 0 aliphatic carbocycles. The number of aliphatic hydroxyl groups is 1. The molecule has 12 heavy (non-hydrogen) atoms. The van der Waals surface area contributed by atoms with E-state index < -0.39 is 10.8 Å². The van der Waals surface area contributed by atoms with Crippen LogP contribution in [0.5, 0.6) is 0 Å². The third-order valence-corrected chi connectivity index (χ3v) is 1.57. The van der Waals surface area contributed by atoms with Crippen molar-refractivity contribution in [3.8, 4) is 0 Å². The van der Waals surface area contributed by atoms with Gasteiger partial charge in [0.15, 0.2) is 0 Å². The molecule has 0 amide bonds. The number of hydrogen-bond donors (Lipinski definition) is 3. The highest BCUT2D eigenvalue weighted by molar-refractivity contribution is 7.82. The fourth-order valence-corrected chi connectivity index (χ4v) is 0.931. The molecule has 1 unspecified atom stereocenters. The second-order valence-corrected chi connectivity index (χ2v) is 3.10. The summed E-state index contributed by atoms with van der Waals surface area (Å²) < 4.78 is 0. The summed E-state index contributed by atoms with van der Waals surface area (Å²) in [5, 5.41) is 6.95. The van der Waals surface area contributed by atoms with E-state index in [0.717, 1.165) is 0 Å². The summed E-state index contributed by atoms with van der Waals surface area (Å²) in [4.78, 5) is 11.2. The van der Waals surface area contributed by atoms with Gasteiger partial charge < -0.3 is 5.11 Å². The van der Waals surface area contributed by atoms with E-state index in [-0.39, 0.29) is 0 Å². The van der Waals surface area contributed by atoms with Crippen molar-refractivity contribution < 1.29 is 9.90 Å². The van der Waals surface area contributed by atoms with Gasteiger partial charge in [0.2, 0.25) is 10.8 Å². The van der Waals surface area contributed by atoms with E-state index in [1.807, 2.05) is 0 Å². The smallest absolute Gasteiger partial charge is 0.224 e. The van der Waals surface area contributed by atoms with Crippen LogP contribution in [0.1, 0.15) is 10.4 Å². The third kappa shape index (κ3) is 2.07. The van der Waals surface area contributed by atoms with Crippen LogP contribution in [-0.4, -0.2) is 15.9 Å². The lowest BCUT2D eigenvalue weighted by Gasteiger charge is -2.13. The molecule has 0 bridgehead atoms. The minimum atomic E-state index is -2.08. The molecule has 1 rings (SSSR count). The van der Waals surface area contributed by atoms with Gasteiger partial charge in [-0.3, -0.25) is 10.5 Å². The van der Waals surface area contributed by atoms with Crippen molar-refractivity contribution >= 4 is 18.4 Å². The van der Waals surface area contributed by atoms with Gasteiger partial charge in [0, 0.05) is 5.56 Å². The van der Waals surface area contributed by atoms with E-state index in [2.05, 4.69) is 12.6 Å². The van der Waals surface area contributed by atoms with Gasteiger partial charge in [0.25, 0.3) is 0 Å². The topological polar surface area (TPSA) is 63.3 Å². The lowest BCUT2D eigenvalue weighted by molar-refractivity contribution is 0.0686. The van der Waals surface area contributed by atoms with Gasteiger partial charge in [-0.25, -0.2) is 0 Å². The molecule has 4 heteroatoms. The number of carbonyl (C=O) groups is 1. The predicted molar refractivity (Wildman–Crippen MR) is 48.9 cm³/mol. The Balaban J connectivity index is 2.94. The first kappa shape index (κ1) is 9.25. The van der Waals surface area contributed by atoms with Crippen molar-refractivity contribution in [2.75, 3.05) is 0 Å². The Morgan fingerprint density at radius 3 is 2.33 bits per heavy atom. The molecule has 0 aromatic heterocycles. The Bertz CT molecular complexity index is 279. The number of rotatable bonds is 2. The van der Waals surface area contributed by atoms with Crippen LogP contribution in [0.15, 0.2) is 30.3 Å². The molecule has 1 aromatic rings. The number of hydrogen-bond acceptors (Lipinski definition) is 4. The molecule has 0 saturated heterocycles. The standard InChI is InChI=1S/C8H9NO2S/c9-8(11,12)7(10)6-4-2-1-3-5-6/h1-5,11-12H,9H2. The second kappa shape index (κ2) is 3.26. The summed E-state index contributed by atoms with van der Waals surface area (Å²) in [6, 6.07) is 8.27. The van der Waals surface area contributed by atoms with Crippen molar-refractivity contribution in [1.29, 1.82) is 0 Å². The first-order valence-electron chi connectivity index (χ1n) is 3.35. The van der Waals surface area contributed by atoms with Gasteiger partial charge in [-0.05, 0) is 0 Å². The van der Waals surface area contributed by atoms with Crippen LogP contribution in [0.3, 0.4) is 0 Å². The van der Waals surface area contributed by atoms with Crippen molar-refractivity contribution in [3.05, 3.63) is 35.9 Å². The molecule has 0 saturated carbocycles. The number of benzene rings is 1. The van der Waals surface area contributed by atoms with Crippen LogP contribution >= 0.6 is 12.6 Å². The van der Waals surface area contributed by atoms with E-state index in [1.165, 1.54) is 0 Å². The summed E-state index contributed by atoms with van der Waals surface area (Å²) in [6.07, 6.45) is 0. The Labute approximate surface area is 75.6 Å². The molecule has 3 nitrogen and oxygen atoms in total. The van der Waals surface area contributed by atoms with E-state index in [4.69, 9.17) is 10.8 Å². The van der Waals surface area contributed by atoms with Crippen LogP contribution < -0.4 is 5.73 Å². The van der Waals surface area contributed by atoms with Gasteiger partial charge in [-0.2, -0.15) is 0 Å². The van der Waals surface area contributed by atoms with Crippen molar-refractivity contribution in [1.82, 2.24) is 0 Å². The average molecular weight is 183 g/mol. The van der Waals surface area contributed by atoms with Crippen LogP contribution in [0, 0.1) is 0 Å². The minimum Gasteiger partial charge on any atom is -0.361 e. The van der Waals surface area contributed by atoms with Crippen LogP contribution in [0.4, 0.5) is 0 Å². The van der Waals surface area contributed by atoms with E-state index in [0.29, 0.717) is 5.56 Å². The van der Waals surface area contributed by atoms with Gasteiger partial charge >= 0.3 is 0 Å². The molecule has 64 valence electrons. The molecule has 0 radical (unpaired) electrons. The fourth-order valence-electron chi connectivity index (χ4n) is 0.802. The Morgan fingerprint density at radius 2 is 1.92 bits per heavy atom. The van der Waals surface area contributed by atoms with Crippen molar-refractivity contribution in [2.45, 2.75) is 5.06 Å². The largest absolute Gasteiger partial charge is 0.361 e. The summed E-state index contributed by atoms with van der Waals surface area (Å²) in [6.45, 7) is 0. The van der Waals surface area contributed by atoms with Crippen LogP contribution in [0.2, 0.25) is 0 Å². The maximum Gasteiger partial charge on any atom is 0.224 e. The molecule has 0 aliphatic heterocycles. The highest BCUT2D eigenvalue weighted by Gasteiger charge is 2.26. The molecule has 1 aromatic carbocycles. The summed E-state index contributed by atoms with van der Waals surface area (Å²) in [5.41, 5.74) is 5.43. The summed E-state index contributed by atoms with van der Waals surface area (Å²) in [5.74, 6) is -0.605. The summed E-state index contributed by atoms with van der Waals surface area (Å²) >= 11 is 3.54. The molecular weight excluding hydrogens is 174 g/mol. The number of ketones is 1. The van der Waals surface area contributed by atoms with Gasteiger partial charge in [-0.15, -0.1) is 12.6 Å². The molecule has 0 fully saturated rings. The van der Waals surface area contributed by atoms with Crippen molar-refractivity contribution in [3.63, 3.8) is 0 Å². The van der Waals surface area contributed by atoms with E-state index in [1.54, 1.807) is 30.3 Å². The molecule has 0 aliphatic rings. The van der Waals surface area contributed by atoms with Gasteiger partial charge in [0.05, 0.1) is 0 Å². The Hall–Kier alpha value is -0.840. The van der Waals surface area contributed by atoms with Gasteiger partial charge in [-0.1, -0.05) is 30.3 Å². The predicted octanol–water partition coefficient (Wildman–Crippen LogP) is 0.404. The zero-order valence-electron chi connectivity index (χ0n) is 6.27. The lowest BCUT2D eigenvalue weighted by atomic mass is 10.1. The van der Waals surface area contributed by atoms with Crippen LogP contribution in [-0.2, 0) is 0 Å². The summed E-state index contributed by atoms with van der Waals surface area (Å²) in [7, 11) is 0. The van der Waals surface area contributed by atoms with E-state index >= 15 is 0 Å². The average Bonchev–Trinajstić information content (AvgIpc) is 2.03. The van der Waals surface area contributed by atoms with Crippen LogP contribution in [0.25, 0.3) is 0 Å². The minimum absolute atomic E-state index is 0.345. The number of Topliss-reactive ketones (excluding diaryl/α,β-unsaturated/α-hetero) is 1. The normalized spacial score (nSPS) is 15.2. The SMILES string of the molecule is NC(O)(S)C(=O)c1ccccc1. The molecule has 3 N–H and O–H groups in total. The highest BCUT2D eigenvalue weighted by atomic mass is 32.1. The van der Waals surface area contributed by atoms with Gasteiger partial charge in [0.1, 0.15) is 0 Å². The Kier molecular flexibility index (Phi) is 2.52. The van der Waals surface area contributed by atoms with E-state index in [9.17, 15) is 4.79 Å². The molecule has 1 atom stereocenters. The molecule has 0 heterocycles. The first-order valence-corrected chi connectivity index (χ1v) is 3.80. The number of nitrogens with two attached hydrogens (primary N) is 1. The Morgan fingerprint density at radius 1 is 1.42 bits per heavy atom. The monoisotopic (exact) mass is 183 g/mol. The third-order valence-electron chi connectivity index (χ3n) is 1.37. The maximum atomic E-state index is 11.2.